The Bertz CT molecular complexity index is 3080. The highest BCUT2D eigenvalue weighted by molar-refractivity contribution is 8.21. The lowest BCUT2D eigenvalue weighted by atomic mass is 10.1. The zero-order valence-corrected chi connectivity index (χ0v) is 46.4. The van der Waals surface area contributed by atoms with Crippen molar-refractivity contribution in [1.82, 2.24) is 49.9 Å². The van der Waals surface area contributed by atoms with Crippen LogP contribution in [0.25, 0.3) is 22.3 Å². The predicted octanol–water partition coefficient (Wildman–Crippen LogP) is 8.10. The zero-order chi connectivity index (χ0) is 53.8. The summed E-state index contributed by atoms with van der Waals surface area (Å²) in [6.45, 7) is -0.0709. The molecule has 4 aromatic heterocycles. The van der Waals surface area contributed by atoms with Crippen LogP contribution in [-0.4, -0.2) is 140 Å². The molecule has 8 rings (SSSR count). The number of aromatic nitrogens is 10. The van der Waals surface area contributed by atoms with Gasteiger partial charge in [-0.1, -0.05) is 77.5 Å². The number of hydrogen-bond donors (Lipinski definition) is 10. The molecule has 4 heterocycles. The van der Waals surface area contributed by atoms with Crippen molar-refractivity contribution < 1.29 is 63.0 Å². The Labute approximate surface area is 459 Å². The van der Waals surface area contributed by atoms with Gasteiger partial charge in [0.05, 0.1) is 30.9 Å². The van der Waals surface area contributed by atoms with Crippen LogP contribution in [0.3, 0.4) is 0 Å². The first-order valence-corrected chi connectivity index (χ1v) is 33.3. The van der Waals surface area contributed by atoms with Crippen LogP contribution in [0.15, 0.2) is 48.5 Å². The Balaban J connectivity index is 0.000000237. The molecule has 0 bridgehead atoms. The van der Waals surface area contributed by atoms with Crippen molar-refractivity contribution in [2.24, 2.45) is 11.8 Å². The highest BCUT2D eigenvalue weighted by Crippen LogP contribution is 2.72. The lowest BCUT2D eigenvalue weighted by Gasteiger charge is -2.19. The van der Waals surface area contributed by atoms with Gasteiger partial charge in [0.2, 0.25) is 10.6 Å². The average molecular weight is 1270 g/mol. The molecule has 2 saturated carbocycles. The smallest absolute Gasteiger partial charge is 0.340 e. The number of halogens is 8. The summed E-state index contributed by atoms with van der Waals surface area (Å²) < 4.78 is 51.3. The molecule has 2 aliphatic rings. The first-order chi connectivity index (χ1) is 34.0. The van der Waals surface area contributed by atoms with Crippen LogP contribution in [0.1, 0.15) is 43.5 Å². The lowest BCUT2D eigenvalue weighted by Crippen LogP contribution is -2.31. The van der Waals surface area contributed by atoms with E-state index in [1.165, 1.54) is 9.36 Å². The van der Waals surface area contributed by atoms with E-state index in [0.29, 0.717) is 46.5 Å². The van der Waals surface area contributed by atoms with Crippen LogP contribution in [0, 0.1) is 11.8 Å². The Hall–Kier alpha value is -2.12. The van der Waals surface area contributed by atoms with Gasteiger partial charge in [0.25, 0.3) is 11.7 Å². The molecule has 6 aromatic rings. The van der Waals surface area contributed by atoms with Crippen LogP contribution < -0.4 is 10.6 Å². The van der Waals surface area contributed by atoms with Gasteiger partial charge in [0.15, 0.2) is 39.9 Å². The predicted molar refractivity (Wildman–Crippen MR) is 282 cm³/mol. The fourth-order valence-corrected chi connectivity index (χ4v) is 19.9. The molecule has 0 spiro atoms. The summed E-state index contributed by atoms with van der Waals surface area (Å²) >= 11 is 44.6. The van der Waals surface area contributed by atoms with Gasteiger partial charge in [0, 0.05) is 41.6 Å². The van der Waals surface area contributed by atoms with E-state index >= 15 is 0 Å². The van der Waals surface area contributed by atoms with Gasteiger partial charge >= 0.3 is 15.2 Å². The largest absolute Gasteiger partial charge is 0.396 e. The summed E-state index contributed by atoms with van der Waals surface area (Å²) in [4.78, 5) is 44.2. The van der Waals surface area contributed by atoms with Gasteiger partial charge in [-0.2, -0.15) is 19.9 Å². The van der Waals surface area contributed by atoms with Crippen molar-refractivity contribution in [3.63, 3.8) is 0 Å². The van der Waals surface area contributed by atoms with Crippen LogP contribution in [0.2, 0.25) is 20.6 Å². The lowest BCUT2D eigenvalue weighted by molar-refractivity contribution is -0.00511. The molecule has 2 aromatic carbocycles. The number of aliphatic hydroxyl groups excluding tert-OH is 5. The molecule has 0 aliphatic heterocycles. The van der Waals surface area contributed by atoms with Crippen LogP contribution >= 0.6 is 118 Å². The molecule has 2 fully saturated rings. The molecule has 0 radical (unpaired) electrons. The van der Waals surface area contributed by atoms with Gasteiger partial charge in [-0.3, -0.25) is 18.3 Å². The monoisotopic (exact) mass is 1270 g/mol. The number of fused-ring (bicyclic) bond motifs is 2. The summed E-state index contributed by atoms with van der Waals surface area (Å²) in [5.41, 5.74) is 2.80. The zero-order valence-electron chi connectivity index (χ0n) is 36.8. The maximum Gasteiger partial charge on any atom is 0.340 e. The van der Waals surface area contributed by atoms with E-state index in [-0.39, 0.29) is 48.0 Å². The molecule has 10 N–H and O–H groups in total. The standard InChI is InChI=1S/C18H22Cl2N6O8P2.C17H18Cl2N6O3.CH2Cl4O2P2.CH4/c19-11-4-2-1-3-9(11)6-21-16-13-17(23-18(20)22-16)26(25-24-13)12-5-10(14(27)15(12)28)7-34-36(32,33)8-35(29,30)31;18-10-4-2-1-3-8(10)6-20-15-12-16(22-17(19)21-15)25(24-23-12)11-5-9(7-26)13(27)14(11)28;2-8(3,6)1-9(4,5)7;/h1-4,10,12,14-15,27-28H,5-8H2,(H,32,33)(H,21,22,23)(H2,29,30,31);1-4,9,11,13-14,26-28H,5-7H2,(H,20,21,22);1H2;1H4/t10-,12-,14-,15+;9-,11-,13-,14+;;/m11../s1. The van der Waals surface area contributed by atoms with Crippen LogP contribution in [0.5, 0.6) is 0 Å². The van der Waals surface area contributed by atoms with Crippen molar-refractivity contribution in [1.29, 1.82) is 0 Å². The number of anilines is 2. The van der Waals surface area contributed by atoms with Gasteiger partial charge in [0.1, 0.15) is 18.1 Å². The molecule has 25 nitrogen and oxygen atoms in total. The normalized spacial score (nSPS) is 22.8. The number of rotatable bonds is 16. The fraction of sp³-hybridized carbons (Fsp3) is 0.459. The number of nitrogens with zero attached hydrogens (tertiary/aromatic N) is 10. The maximum absolute atomic E-state index is 11.9. The van der Waals surface area contributed by atoms with Gasteiger partial charge in [-0.15, -0.1) is 10.2 Å². The van der Waals surface area contributed by atoms with Crippen molar-refractivity contribution in [2.45, 2.75) is 69.9 Å². The molecule has 37 heteroatoms. The van der Waals surface area contributed by atoms with Crippen molar-refractivity contribution in [3.8, 4) is 0 Å². The van der Waals surface area contributed by atoms with Crippen molar-refractivity contribution in [2.75, 3.05) is 35.7 Å². The molecule has 9 atom stereocenters. The Kier molecular flexibility index (Phi) is 22.2. The molecule has 408 valence electrons. The van der Waals surface area contributed by atoms with E-state index in [4.69, 9.17) is 106 Å². The topological polar surface area (TPSA) is 376 Å². The number of benzene rings is 2. The Morgan fingerprint density at radius 3 is 1.38 bits per heavy atom. The summed E-state index contributed by atoms with van der Waals surface area (Å²) in [5, 5.41) is 74.6. The third-order valence-electron chi connectivity index (χ3n) is 11.0. The van der Waals surface area contributed by atoms with E-state index in [1.807, 2.05) is 30.3 Å². The summed E-state index contributed by atoms with van der Waals surface area (Å²) in [6.07, 6.45) is -4.56. The number of nitrogens with one attached hydrogen (secondary N) is 2. The second-order valence-corrected chi connectivity index (χ2v) is 32.8. The molecule has 0 saturated heterocycles. The van der Waals surface area contributed by atoms with Gasteiger partial charge < -0.3 is 55.4 Å². The highest BCUT2D eigenvalue weighted by atomic mass is 35.9. The SMILES string of the molecule is C.O=P(Cl)(Cl)CP(=O)(Cl)Cl.O=P(O)(O)CP(=O)(O)OC[C@H]1C[C@@H](n2nnc3c(NCc4ccccc4Cl)nc(Cl)nc32)[C@H](O)[C@@H]1O.OC[C@H]1C[C@@H](n2nnc3c(NCc4ccccc4Cl)nc(Cl)nc32)[C@H](O)[C@@H]1O. The summed E-state index contributed by atoms with van der Waals surface area (Å²) in [5.74, 6) is -9.29. The first-order valence-electron chi connectivity index (χ1n) is 20.9. The van der Waals surface area contributed by atoms with E-state index < -0.39 is 93.6 Å². The molecule has 74 heavy (non-hydrogen) atoms. The molecular weight excluding hydrogens is 1230 g/mol. The second-order valence-electron chi connectivity index (χ2n) is 16.3. The summed E-state index contributed by atoms with van der Waals surface area (Å²) in [7, 11) is -9.43. The molecule has 0 amide bonds. The van der Waals surface area contributed by atoms with Crippen LogP contribution in [-0.2, 0) is 35.9 Å². The molecular formula is C37H46Cl8N12O13P4. The minimum Gasteiger partial charge on any atom is -0.396 e. The minimum absolute atomic E-state index is 0. The Morgan fingerprint density at radius 1 is 0.608 bits per heavy atom. The van der Waals surface area contributed by atoms with E-state index in [9.17, 15) is 48.7 Å². The van der Waals surface area contributed by atoms with Crippen LogP contribution in [0.4, 0.5) is 11.6 Å². The fourth-order valence-electron chi connectivity index (χ4n) is 7.65. The number of aliphatic hydroxyl groups is 5. The Morgan fingerprint density at radius 2 is 1.01 bits per heavy atom. The molecule has 2 aliphatic carbocycles. The average Bonchev–Trinajstić information content (AvgIpc) is 4.04. The van der Waals surface area contributed by atoms with E-state index in [2.05, 4.69) is 51.2 Å². The van der Waals surface area contributed by atoms with Gasteiger partial charge in [-0.05, 0) is 104 Å². The maximum atomic E-state index is 11.9. The van der Waals surface area contributed by atoms with E-state index in [0.717, 1.165) is 11.1 Å². The second kappa shape index (κ2) is 26.2. The highest BCUT2D eigenvalue weighted by Gasteiger charge is 2.46. The molecule has 1 unspecified atom stereocenters. The van der Waals surface area contributed by atoms with E-state index in [1.54, 1.807) is 18.2 Å². The minimum atomic E-state index is -4.81. The quantitative estimate of drug-likeness (QED) is 0.0323. The van der Waals surface area contributed by atoms with Gasteiger partial charge in [-0.25, -0.2) is 9.36 Å². The summed E-state index contributed by atoms with van der Waals surface area (Å²) in [6, 6.07) is 13.2. The number of hydrogen-bond acceptors (Lipinski definition) is 20. The third kappa shape index (κ3) is 16.9. The van der Waals surface area contributed by atoms with Crippen molar-refractivity contribution >= 4 is 152 Å². The third-order valence-corrected chi connectivity index (χ3v) is 22.0. The first kappa shape index (κ1) is 62.7. The van der Waals surface area contributed by atoms with Crippen molar-refractivity contribution in [3.05, 3.63) is 80.3 Å².